The number of hydrogen-bond acceptors (Lipinski definition) is 5. The molecule has 0 amide bonds. The summed E-state index contributed by atoms with van der Waals surface area (Å²) in [7, 11) is 0. The normalized spacial score (nSPS) is 17.1. The summed E-state index contributed by atoms with van der Waals surface area (Å²) in [6, 6.07) is 4.04. The lowest BCUT2D eigenvalue weighted by Crippen LogP contribution is -2.24. The molecule has 0 aromatic carbocycles. The van der Waals surface area contributed by atoms with E-state index in [0.29, 0.717) is 6.42 Å². The van der Waals surface area contributed by atoms with Crippen LogP contribution in [-0.4, -0.2) is 22.2 Å². The predicted octanol–water partition coefficient (Wildman–Crippen LogP) is 3.06. The van der Waals surface area contributed by atoms with Gasteiger partial charge in [0, 0.05) is 6.42 Å². The van der Waals surface area contributed by atoms with Crippen LogP contribution in [-0.2, 0) is 4.79 Å². The van der Waals surface area contributed by atoms with Crippen molar-refractivity contribution in [1.82, 2.24) is 0 Å². The Morgan fingerprint density at radius 2 is 1.63 bits per heavy atom. The van der Waals surface area contributed by atoms with Gasteiger partial charge >= 0.3 is 5.97 Å². The number of nitrogens with zero attached hydrogens (tertiary/aromatic N) is 4. The fourth-order valence-electron chi connectivity index (χ4n) is 1.35. The van der Waals surface area contributed by atoms with Crippen LogP contribution in [0, 0.1) is 22.7 Å². The molecule has 0 radical (unpaired) electrons. The highest BCUT2D eigenvalue weighted by Crippen LogP contribution is 2.23. The van der Waals surface area contributed by atoms with Gasteiger partial charge in [0.1, 0.15) is 0 Å². The van der Waals surface area contributed by atoms with Crippen LogP contribution in [0.2, 0.25) is 0 Å². The molecule has 1 N–H and O–H groups in total. The molecule has 0 saturated carbocycles. The van der Waals surface area contributed by atoms with E-state index in [0.717, 1.165) is 12.8 Å². The number of carboxylic acids is 1. The van der Waals surface area contributed by atoms with Crippen LogP contribution in [0.15, 0.2) is 10.2 Å². The molecular formula is C13H20N4O2. The maximum atomic E-state index is 10.5. The average Bonchev–Trinajstić information content (AvgIpc) is 2.40. The first-order valence-electron chi connectivity index (χ1n) is 6.29. The Hall–Kier alpha value is -1.95. The van der Waals surface area contributed by atoms with Gasteiger partial charge in [0.15, 0.2) is 11.1 Å². The second-order valence-electron chi connectivity index (χ2n) is 4.97. The summed E-state index contributed by atoms with van der Waals surface area (Å²) in [6.45, 7) is 5.21. The zero-order valence-electron chi connectivity index (χ0n) is 11.7. The molecule has 0 fully saturated rings. The smallest absolute Gasteiger partial charge is 0.303 e. The lowest BCUT2D eigenvalue weighted by Gasteiger charge is -2.18. The van der Waals surface area contributed by atoms with E-state index in [1.165, 1.54) is 6.92 Å². The molecule has 0 spiro atoms. The summed E-state index contributed by atoms with van der Waals surface area (Å²) in [4.78, 5) is 10.5. The minimum Gasteiger partial charge on any atom is -0.481 e. The van der Waals surface area contributed by atoms with Gasteiger partial charge in [-0.2, -0.15) is 20.8 Å². The third-order valence-electron chi connectivity index (χ3n) is 2.82. The fourth-order valence-corrected chi connectivity index (χ4v) is 1.35. The molecule has 0 rings (SSSR count). The quantitative estimate of drug-likeness (QED) is 0.679. The second kappa shape index (κ2) is 7.48. The number of aliphatic carboxylic acids is 1. The first kappa shape index (κ1) is 17.1. The number of azo groups is 1. The van der Waals surface area contributed by atoms with Crippen molar-refractivity contribution in [3.05, 3.63) is 0 Å². The van der Waals surface area contributed by atoms with Gasteiger partial charge in [-0.05, 0) is 26.7 Å². The summed E-state index contributed by atoms with van der Waals surface area (Å²) < 4.78 is 0. The Bertz CT molecular complexity index is 421. The molecule has 2 atom stereocenters. The maximum absolute atomic E-state index is 10.5. The highest BCUT2D eigenvalue weighted by Gasteiger charge is 2.28. The number of carbonyl (C=O) groups is 1. The van der Waals surface area contributed by atoms with Crippen molar-refractivity contribution in [3.63, 3.8) is 0 Å². The second-order valence-corrected chi connectivity index (χ2v) is 4.97. The van der Waals surface area contributed by atoms with Crippen LogP contribution in [0.4, 0.5) is 0 Å². The van der Waals surface area contributed by atoms with E-state index in [4.69, 9.17) is 15.6 Å². The molecule has 0 aliphatic rings. The van der Waals surface area contributed by atoms with E-state index in [2.05, 4.69) is 16.3 Å². The van der Waals surface area contributed by atoms with Gasteiger partial charge in [0.2, 0.25) is 0 Å². The van der Waals surface area contributed by atoms with E-state index in [9.17, 15) is 4.79 Å². The molecule has 104 valence electrons. The summed E-state index contributed by atoms with van der Waals surface area (Å²) in [5.74, 6) is -0.981. The lowest BCUT2D eigenvalue weighted by atomic mass is 9.97. The van der Waals surface area contributed by atoms with Crippen LogP contribution in [0.25, 0.3) is 0 Å². The third kappa shape index (κ3) is 6.52. The molecule has 6 heteroatoms. The zero-order chi connectivity index (χ0) is 14.9. The van der Waals surface area contributed by atoms with Crippen molar-refractivity contribution in [2.45, 2.75) is 64.0 Å². The van der Waals surface area contributed by atoms with E-state index < -0.39 is 17.0 Å². The van der Waals surface area contributed by atoms with Gasteiger partial charge in [0.05, 0.1) is 12.1 Å². The number of carboxylic acid groups (broad SMARTS) is 1. The Kier molecular flexibility index (Phi) is 6.71. The van der Waals surface area contributed by atoms with Gasteiger partial charge < -0.3 is 5.11 Å². The summed E-state index contributed by atoms with van der Waals surface area (Å²) >= 11 is 0. The van der Waals surface area contributed by atoms with Crippen LogP contribution in [0.3, 0.4) is 0 Å². The average molecular weight is 264 g/mol. The molecule has 0 aliphatic carbocycles. The van der Waals surface area contributed by atoms with Gasteiger partial charge in [-0.3, -0.25) is 4.79 Å². The van der Waals surface area contributed by atoms with Gasteiger partial charge in [-0.1, -0.05) is 19.8 Å². The number of unbranched alkanes of at least 4 members (excludes halogenated alkanes) is 1. The Labute approximate surface area is 113 Å². The van der Waals surface area contributed by atoms with Gasteiger partial charge in [-0.15, -0.1) is 0 Å². The molecule has 0 aliphatic heterocycles. The monoisotopic (exact) mass is 264 g/mol. The van der Waals surface area contributed by atoms with E-state index >= 15 is 0 Å². The van der Waals surface area contributed by atoms with Crippen molar-refractivity contribution in [2.24, 2.45) is 10.2 Å². The first-order chi connectivity index (χ1) is 8.81. The van der Waals surface area contributed by atoms with Crippen LogP contribution < -0.4 is 0 Å². The SMILES string of the molecule is CCCCC(C)(C#N)N=NC(C)(C#N)CCC(=O)O. The van der Waals surface area contributed by atoms with Crippen LogP contribution >= 0.6 is 0 Å². The third-order valence-corrected chi connectivity index (χ3v) is 2.82. The van der Waals surface area contributed by atoms with Crippen molar-refractivity contribution >= 4 is 5.97 Å². The molecule has 0 heterocycles. The molecular weight excluding hydrogens is 244 g/mol. The van der Waals surface area contributed by atoms with Gasteiger partial charge in [-0.25, -0.2) is 0 Å². The molecule has 0 aromatic heterocycles. The molecule has 0 aromatic rings. The molecule has 2 unspecified atom stereocenters. The minimum atomic E-state index is -1.19. The van der Waals surface area contributed by atoms with Crippen molar-refractivity contribution in [3.8, 4) is 12.1 Å². The molecule has 0 bridgehead atoms. The van der Waals surface area contributed by atoms with Crippen molar-refractivity contribution in [1.29, 1.82) is 10.5 Å². The Morgan fingerprint density at radius 3 is 2.00 bits per heavy atom. The Morgan fingerprint density at radius 1 is 1.16 bits per heavy atom. The van der Waals surface area contributed by atoms with Crippen molar-refractivity contribution in [2.75, 3.05) is 0 Å². The zero-order valence-corrected chi connectivity index (χ0v) is 11.7. The van der Waals surface area contributed by atoms with Crippen LogP contribution in [0.1, 0.15) is 52.9 Å². The first-order valence-corrected chi connectivity index (χ1v) is 6.29. The summed E-state index contributed by atoms with van der Waals surface area (Å²) in [6.07, 6.45) is 2.30. The van der Waals surface area contributed by atoms with E-state index in [-0.39, 0.29) is 12.8 Å². The van der Waals surface area contributed by atoms with Gasteiger partial charge in [0.25, 0.3) is 0 Å². The topological polar surface area (TPSA) is 110 Å². The minimum absolute atomic E-state index is 0.0810. The van der Waals surface area contributed by atoms with E-state index in [1.807, 2.05) is 13.0 Å². The standard InChI is InChI=1S/C13H20N4O2/c1-4-5-7-12(2,9-14)16-17-13(3,10-15)8-6-11(18)19/h4-8H2,1-3H3,(H,18,19). The number of nitriles is 2. The highest BCUT2D eigenvalue weighted by molar-refractivity contribution is 5.66. The summed E-state index contributed by atoms with van der Waals surface area (Å²) in [5, 5.41) is 34.7. The number of hydrogen-bond donors (Lipinski definition) is 1. The fraction of sp³-hybridized carbons (Fsp3) is 0.769. The summed E-state index contributed by atoms with van der Waals surface area (Å²) in [5.41, 5.74) is -2.14. The number of rotatable bonds is 8. The molecule has 6 nitrogen and oxygen atoms in total. The Balaban J connectivity index is 4.84. The molecule has 0 saturated heterocycles. The largest absolute Gasteiger partial charge is 0.481 e. The highest BCUT2D eigenvalue weighted by atomic mass is 16.4. The van der Waals surface area contributed by atoms with Crippen molar-refractivity contribution < 1.29 is 9.90 Å². The van der Waals surface area contributed by atoms with Crippen LogP contribution in [0.5, 0.6) is 0 Å². The molecule has 19 heavy (non-hydrogen) atoms. The lowest BCUT2D eigenvalue weighted by molar-refractivity contribution is -0.137. The maximum Gasteiger partial charge on any atom is 0.303 e. The predicted molar refractivity (Wildman–Crippen MR) is 69.3 cm³/mol. The van der Waals surface area contributed by atoms with E-state index in [1.54, 1.807) is 6.92 Å².